The first kappa shape index (κ1) is 11.7. The van der Waals surface area contributed by atoms with Crippen molar-refractivity contribution in [2.75, 3.05) is 12.3 Å². The molecule has 2 nitrogen and oxygen atoms in total. The van der Waals surface area contributed by atoms with Crippen molar-refractivity contribution >= 4 is 17.3 Å². The van der Waals surface area contributed by atoms with Crippen molar-refractivity contribution in [3.63, 3.8) is 0 Å². The smallest absolute Gasteiger partial charge is 0.0429 e. The SMILES string of the molecule is CC1(C)CCCN1Cc1cc(N)cc(Cl)c1. The molecular weight excluding hydrogens is 220 g/mol. The highest BCUT2D eigenvalue weighted by Crippen LogP contribution is 2.30. The molecule has 0 aliphatic carbocycles. The highest BCUT2D eigenvalue weighted by Gasteiger charge is 2.31. The van der Waals surface area contributed by atoms with Gasteiger partial charge in [-0.1, -0.05) is 11.6 Å². The van der Waals surface area contributed by atoms with Crippen molar-refractivity contribution in [1.82, 2.24) is 4.90 Å². The van der Waals surface area contributed by atoms with Crippen molar-refractivity contribution in [2.45, 2.75) is 38.8 Å². The second-order valence-corrected chi connectivity index (χ2v) is 5.67. The van der Waals surface area contributed by atoms with Gasteiger partial charge in [-0.2, -0.15) is 0 Å². The summed E-state index contributed by atoms with van der Waals surface area (Å²) < 4.78 is 0. The number of nitrogens with two attached hydrogens (primary N) is 1. The molecule has 16 heavy (non-hydrogen) atoms. The number of nitrogens with zero attached hydrogens (tertiary/aromatic N) is 1. The van der Waals surface area contributed by atoms with Gasteiger partial charge in [0, 0.05) is 22.8 Å². The van der Waals surface area contributed by atoms with Gasteiger partial charge >= 0.3 is 0 Å². The lowest BCUT2D eigenvalue weighted by molar-refractivity contribution is 0.166. The molecule has 0 spiro atoms. The number of halogens is 1. The topological polar surface area (TPSA) is 29.3 Å². The lowest BCUT2D eigenvalue weighted by Gasteiger charge is -2.31. The van der Waals surface area contributed by atoms with E-state index in [1.54, 1.807) is 6.07 Å². The molecule has 1 fully saturated rings. The molecule has 1 saturated heterocycles. The minimum atomic E-state index is 0.303. The lowest BCUT2D eigenvalue weighted by Crippen LogP contribution is -2.37. The van der Waals surface area contributed by atoms with E-state index in [0.29, 0.717) is 5.54 Å². The van der Waals surface area contributed by atoms with Gasteiger partial charge in [0.15, 0.2) is 0 Å². The highest BCUT2D eigenvalue weighted by molar-refractivity contribution is 6.30. The monoisotopic (exact) mass is 238 g/mol. The van der Waals surface area contributed by atoms with Crippen LogP contribution in [-0.2, 0) is 6.54 Å². The molecule has 0 saturated carbocycles. The lowest BCUT2D eigenvalue weighted by atomic mass is 10.0. The number of benzene rings is 1. The van der Waals surface area contributed by atoms with Crippen molar-refractivity contribution < 1.29 is 0 Å². The predicted molar refractivity (Wildman–Crippen MR) is 69.6 cm³/mol. The second-order valence-electron chi connectivity index (χ2n) is 5.23. The Kier molecular flexibility index (Phi) is 3.13. The number of nitrogen functional groups attached to an aromatic ring is 1. The first-order chi connectivity index (χ1) is 7.47. The molecule has 1 heterocycles. The fraction of sp³-hybridized carbons (Fsp3) is 0.538. The molecule has 1 aliphatic heterocycles. The maximum Gasteiger partial charge on any atom is 0.0429 e. The molecule has 1 aliphatic rings. The van der Waals surface area contributed by atoms with Crippen LogP contribution in [-0.4, -0.2) is 17.0 Å². The van der Waals surface area contributed by atoms with E-state index in [-0.39, 0.29) is 0 Å². The zero-order chi connectivity index (χ0) is 11.8. The van der Waals surface area contributed by atoms with Crippen LogP contribution in [0, 0.1) is 0 Å². The summed E-state index contributed by atoms with van der Waals surface area (Å²) in [4.78, 5) is 2.50. The largest absolute Gasteiger partial charge is 0.399 e. The summed E-state index contributed by atoms with van der Waals surface area (Å²) in [5.74, 6) is 0. The van der Waals surface area contributed by atoms with Gasteiger partial charge in [-0.25, -0.2) is 0 Å². The van der Waals surface area contributed by atoms with E-state index in [9.17, 15) is 0 Å². The molecule has 0 radical (unpaired) electrons. The maximum atomic E-state index is 6.01. The van der Waals surface area contributed by atoms with E-state index in [1.807, 2.05) is 12.1 Å². The van der Waals surface area contributed by atoms with Crippen LogP contribution in [0.3, 0.4) is 0 Å². The van der Waals surface area contributed by atoms with Crippen LogP contribution in [0.1, 0.15) is 32.3 Å². The Bertz CT molecular complexity index is 367. The fourth-order valence-corrected chi connectivity index (χ4v) is 2.71. The van der Waals surface area contributed by atoms with Gasteiger partial charge in [0.05, 0.1) is 0 Å². The summed E-state index contributed by atoms with van der Waals surface area (Å²) in [7, 11) is 0. The minimum Gasteiger partial charge on any atom is -0.399 e. The average Bonchev–Trinajstić information content (AvgIpc) is 2.44. The van der Waals surface area contributed by atoms with E-state index in [4.69, 9.17) is 17.3 Å². The van der Waals surface area contributed by atoms with Crippen LogP contribution >= 0.6 is 11.6 Å². The molecule has 0 aromatic heterocycles. The van der Waals surface area contributed by atoms with Gasteiger partial charge in [-0.05, 0) is 57.0 Å². The average molecular weight is 239 g/mol. The standard InChI is InChI=1S/C13H19ClN2/c1-13(2)4-3-5-16(13)9-10-6-11(14)8-12(15)7-10/h6-8H,3-5,9,15H2,1-2H3. The molecule has 1 aromatic rings. The molecule has 2 rings (SSSR count). The maximum absolute atomic E-state index is 6.01. The number of rotatable bonds is 2. The van der Waals surface area contributed by atoms with E-state index in [2.05, 4.69) is 18.7 Å². The second kappa shape index (κ2) is 4.27. The number of hydrogen-bond donors (Lipinski definition) is 1. The van der Waals surface area contributed by atoms with Gasteiger partial charge in [0.25, 0.3) is 0 Å². The number of hydrogen-bond acceptors (Lipinski definition) is 2. The Hall–Kier alpha value is -0.730. The van der Waals surface area contributed by atoms with Gasteiger partial charge in [-0.15, -0.1) is 0 Å². The number of likely N-dealkylation sites (tertiary alicyclic amines) is 1. The van der Waals surface area contributed by atoms with Crippen molar-refractivity contribution in [2.24, 2.45) is 0 Å². The van der Waals surface area contributed by atoms with E-state index < -0.39 is 0 Å². The summed E-state index contributed by atoms with van der Waals surface area (Å²) in [5, 5.41) is 0.729. The third-order valence-electron chi connectivity index (χ3n) is 3.43. The third kappa shape index (κ3) is 2.50. The van der Waals surface area contributed by atoms with E-state index >= 15 is 0 Å². The van der Waals surface area contributed by atoms with Crippen molar-refractivity contribution in [3.8, 4) is 0 Å². The first-order valence-electron chi connectivity index (χ1n) is 5.77. The fourth-order valence-electron chi connectivity index (χ4n) is 2.44. The quantitative estimate of drug-likeness (QED) is 0.802. The molecule has 88 valence electrons. The van der Waals surface area contributed by atoms with Crippen LogP contribution < -0.4 is 5.73 Å². The zero-order valence-electron chi connectivity index (χ0n) is 9.96. The Morgan fingerprint density at radius 1 is 1.38 bits per heavy atom. The summed E-state index contributed by atoms with van der Waals surface area (Å²) in [5.41, 5.74) is 8.06. The van der Waals surface area contributed by atoms with Crippen LogP contribution in [0.5, 0.6) is 0 Å². The van der Waals surface area contributed by atoms with Gasteiger partial charge in [-0.3, -0.25) is 4.90 Å². The highest BCUT2D eigenvalue weighted by atomic mass is 35.5. The van der Waals surface area contributed by atoms with Gasteiger partial charge in [0.2, 0.25) is 0 Å². The Morgan fingerprint density at radius 2 is 2.12 bits per heavy atom. The van der Waals surface area contributed by atoms with Crippen LogP contribution in [0.4, 0.5) is 5.69 Å². The molecule has 0 atom stereocenters. The van der Waals surface area contributed by atoms with Crippen LogP contribution in [0.15, 0.2) is 18.2 Å². The van der Waals surface area contributed by atoms with E-state index in [0.717, 1.165) is 17.3 Å². The number of anilines is 1. The zero-order valence-corrected chi connectivity index (χ0v) is 10.7. The molecule has 2 N–H and O–H groups in total. The Labute approximate surface area is 102 Å². The molecule has 0 unspecified atom stereocenters. The normalized spacial score (nSPS) is 20.2. The molecule has 0 amide bonds. The Morgan fingerprint density at radius 3 is 2.69 bits per heavy atom. The third-order valence-corrected chi connectivity index (χ3v) is 3.64. The van der Waals surface area contributed by atoms with Crippen molar-refractivity contribution in [1.29, 1.82) is 0 Å². The molecule has 1 aromatic carbocycles. The summed E-state index contributed by atoms with van der Waals surface area (Å²) in [6, 6.07) is 5.81. The Balaban J connectivity index is 2.14. The molecule has 0 bridgehead atoms. The summed E-state index contributed by atoms with van der Waals surface area (Å²) in [6.45, 7) is 6.71. The molecular formula is C13H19ClN2. The summed E-state index contributed by atoms with van der Waals surface area (Å²) in [6.07, 6.45) is 2.55. The predicted octanol–water partition coefficient (Wildman–Crippen LogP) is 3.30. The van der Waals surface area contributed by atoms with E-state index in [1.165, 1.54) is 24.9 Å². The van der Waals surface area contributed by atoms with Crippen LogP contribution in [0.2, 0.25) is 5.02 Å². The van der Waals surface area contributed by atoms with Crippen molar-refractivity contribution in [3.05, 3.63) is 28.8 Å². The minimum absolute atomic E-state index is 0.303. The first-order valence-corrected chi connectivity index (χ1v) is 6.15. The van der Waals surface area contributed by atoms with Gasteiger partial charge < -0.3 is 5.73 Å². The molecule has 3 heteroatoms. The van der Waals surface area contributed by atoms with Crippen LogP contribution in [0.25, 0.3) is 0 Å². The van der Waals surface area contributed by atoms with Gasteiger partial charge in [0.1, 0.15) is 0 Å². The summed E-state index contributed by atoms with van der Waals surface area (Å²) >= 11 is 6.01.